The van der Waals surface area contributed by atoms with Gasteiger partial charge < -0.3 is 15.2 Å². The van der Waals surface area contributed by atoms with Crippen LogP contribution in [-0.2, 0) is 6.54 Å². The first-order valence-corrected chi connectivity index (χ1v) is 3.95. The maximum atomic E-state index is 12.0. The van der Waals surface area contributed by atoms with Crippen LogP contribution in [0.3, 0.4) is 0 Å². The second-order valence-electron chi connectivity index (χ2n) is 2.54. The third-order valence-corrected chi connectivity index (χ3v) is 1.57. The van der Waals surface area contributed by atoms with Crippen molar-refractivity contribution in [1.82, 2.24) is 4.98 Å². The van der Waals surface area contributed by atoms with Gasteiger partial charge in [-0.3, -0.25) is 4.98 Å². The van der Waals surface area contributed by atoms with Gasteiger partial charge in [0.05, 0.1) is 7.11 Å². The second-order valence-corrected chi connectivity index (χ2v) is 2.54. The molecule has 0 fully saturated rings. The normalized spacial score (nSPS) is 11.3. The molecule has 2 N–H and O–H groups in total. The molecule has 0 amide bonds. The van der Waals surface area contributed by atoms with E-state index >= 15 is 0 Å². The number of alkyl halides is 3. The van der Waals surface area contributed by atoms with Crippen molar-refractivity contribution in [2.45, 2.75) is 12.9 Å². The summed E-state index contributed by atoms with van der Waals surface area (Å²) in [5.41, 5.74) is 5.22. The molecule has 0 spiro atoms. The zero-order valence-electron chi connectivity index (χ0n) is 7.84. The van der Waals surface area contributed by atoms with E-state index in [0.29, 0.717) is 0 Å². The molecule has 1 aromatic heterocycles. The van der Waals surface area contributed by atoms with Gasteiger partial charge in [0.25, 0.3) is 0 Å². The number of methoxy groups -OCH3 is 1. The molecule has 0 bridgehead atoms. The molecule has 7 heteroatoms. The Morgan fingerprint density at radius 1 is 1.47 bits per heavy atom. The fourth-order valence-corrected chi connectivity index (χ4v) is 1.00. The van der Waals surface area contributed by atoms with Crippen molar-refractivity contribution < 1.29 is 22.6 Å². The molecule has 0 atom stereocenters. The van der Waals surface area contributed by atoms with Gasteiger partial charge in [-0.1, -0.05) is 0 Å². The lowest BCUT2D eigenvalue weighted by molar-refractivity contribution is -0.275. The van der Waals surface area contributed by atoms with E-state index in [2.05, 4.69) is 9.72 Å². The van der Waals surface area contributed by atoms with Crippen LogP contribution in [-0.4, -0.2) is 18.5 Å². The molecule has 1 heterocycles. The highest BCUT2D eigenvalue weighted by Gasteiger charge is 2.33. The average Bonchev–Trinajstić information content (AvgIpc) is 2.16. The van der Waals surface area contributed by atoms with E-state index in [9.17, 15) is 13.2 Å². The fraction of sp³-hybridized carbons (Fsp3) is 0.375. The second kappa shape index (κ2) is 4.35. The summed E-state index contributed by atoms with van der Waals surface area (Å²) in [5, 5.41) is 0. The summed E-state index contributed by atoms with van der Waals surface area (Å²) in [6.45, 7) is -0.164. The average molecular weight is 222 g/mol. The summed E-state index contributed by atoms with van der Waals surface area (Å²) in [6, 6.07) is 1.26. The molecule has 0 aliphatic rings. The van der Waals surface area contributed by atoms with Gasteiger partial charge in [-0.05, 0) is 0 Å². The summed E-state index contributed by atoms with van der Waals surface area (Å²) >= 11 is 0. The van der Waals surface area contributed by atoms with Crippen molar-refractivity contribution in [3.63, 3.8) is 0 Å². The fourth-order valence-electron chi connectivity index (χ4n) is 1.00. The Balaban J connectivity index is 3.11. The van der Waals surface area contributed by atoms with E-state index in [4.69, 9.17) is 10.5 Å². The van der Waals surface area contributed by atoms with E-state index in [-0.39, 0.29) is 18.0 Å². The van der Waals surface area contributed by atoms with Crippen LogP contribution in [0.4, 0.5) is 13.2 Å². The summed E-state index contributed by atoms with van der Waals surface area (Å²) in [5.74, 6) is -0.544. The van der Waals surface area contributed by atoms with Crippen LogP contribution >= 0.6 is 0 Å². The molecule has 0 aromatic carbocycles. The van der Waals surface area contributed by atoms with Crippen LogP contribution in [0.2, 0.25) is 0 Å². The van der Waals surface area contributed by atoms with E-state index in [0.717, 1.165) is 0 Å². The first-order chi connectivity index (χ1) is 6.98. The number of hydrogen-bond donors (Lipinski definition) is 1. The molecule has 0 unspecified atom stereocenters. The molecule has 84 valence electrons. The molecule has 1 aromatic rings. The predicted molar refractivity (Wildman–Crippen MR) is 45.4 cm³/mol. The predicted octanol–water partition coefficient (Wildman–Crippen LogP) is 1.45. The Bertz CT molecular complexity index is 319. The highest BCUT2D eigenvalue weighted by molar-refractivity contribution is 5.42. The van der Waals surface area contributed by atoms with Crippen LogP contribution in [0, 0.1) is 0 Å². The third kappa shape index (κ3) is 2.98. The summed E-state index contributed by atoms with van der Waals surface area (Å²) in [7, 11) is 1.23. The molecule has 0 saturated heterocycles. The lowest BCUT2D eigenvalue weighted by Crippen LogP contribution is -2.19. The number of nitrogens with two attached hydrogens (primary N) is 1. The summed E-state index contributed by atoms with van der Waals surface area (Å²) in [4.78, 5) is 3.66. The number of ether oxygens (including phenoxy) is 2. The number of halogens is 3. The van der Waals surface area contributed by atoms with Gasteiger partial charge in [-0.2, -0.15) is 0 Å². The smallest absolute Gasteiger partial charge is 0.493 e. The standard InChI is InChI=1S/C8H9F3N2O2/c1-14-6-2-3-13-5(4-12)7(6)15-8(9,10)11/h2-3H,4,12H2,1H3. The largest absolute Gasteiger partial charge is 0.573 e. The quantitative estimate of drug-likeness (QED) is 0.840. The van der Waals surface area contributed by atoms with Crippen LogP contribution in [0.25, 0.3) is 0 Å². The van der Waals surface area contributed by atoms with Gasteiger partial charge in [0.15, 0.2) is 11.5 Å². The van der Waals surface area contributed by atoms with Gasteiger partial charge in [0, 0.05) is 18.8 Å². The maximum absolute atomic E-state index is 12.0. The molecule has 4 nitrogen and oxygen atoms in total. The number of nitrogens with zero attached hydrogens (tertiary/aromatic N) is 1. The Hall–Kier alpha value is -1.50. The highest BCUT2D eigenvalue weighted by Crippen LogP contribution is 2.33. The SMILES string of the molecule is COc1ccnc(CN)c1OC(F)(F)F. The molecule has 0 aliphatic carbocycles. The topological polar surface area (TPSA) is 57.4 Å². The van der Waals surface area contributed by atoms with Crippen LogP contribution in [0.5, 0.6) is 11.5 Å². The van der Waals surface area contributed by atoms with Gasteiger partial charge in [0.2, 0.25) is 0 Å². The minimum Gasteiger partial charge on any atom is -0.493 e. The first-order valence-electron chi connectivity index (χ1n) is 3.95. The van der Waals surface area contributed by atoms with Crippen molar-refractivity contribution in [3.05, 3.63) is 18.0 Å². The van der Waals surface area contributed by atoms with Gasteiger partial charge in [-0.25, -0.2) is 0 Å². The van der Waals surface area contributed by atoms with Crippen molar-refractivity contribution in [2.24, 2.45) is 5.73 Å². The van der Waals surface area contributed by atoms with E-state index in [1.54, 1.807) is 0 Å². The van der Waals surface area contributed by atoms with E-state index in [1.165, 1.54) is 19.4 Å². The molecular formula is C8H9F3N2O2. The van der Waals surface area contributed by atoms with Crippen molar-refractivity contribution in [1.29, 1.82) is 0 Å². The number of aromatic nitrogens is 1. The summed E-state index contributed by atoms with van der Waals surface area (Å²) < 4.78 is 44.6. The summed E-state index contributed by atoms with van der Waals surface area (Å²) in [6.07, 6.45) is -3.50. The Labute approximate surface area is 83.8 Å². The van der Waals surface area contributed by atoms with Crippen LogP contribution in [0.1, 0.15) is 5.69 Å². The first kappa shape index (κ1) is 11.6. The zero-order chi connectivity index (χ0) is 11.5. The van der Waals surface area contributed by atoms with Crippen molar-refractivity contribution in [3.8, 4) is 11.5 Å². The number of pyridine rings is 1. The zero-order valence-corrected chi connectivity index (χ0v) is 7.84. The monoisotopic (exact) mass is 222 g/mol. The Morgan fingerprint density at radius 3 is 2.60 bits per heavy atom. The number of hydrogen-bond acceptors (Lipinski definition) is 4. The minimum absolute atomic E-state index is 0.00771. The molecule has 0 saturated carbocycles. The van der Waals surface area contributed by atoms with E-state index < -0.39 is 12.1 Å². The lowest BCUT2D eigenvalue weighted by atomic mass is 10.3. The Morgan fingerprint density at radius 2 is 2.13 bits per heavy atom. The molecule has 15 heavy (non-hydrogen) atoms. The van der Waals surface area contributed by atoms with Gasteiger partial charge in [0.1, 0.15) is 5.69 Å². The Kier molecular flexibility index (Phi) is 3.35. The minimum atomic E-state index is -4.79. The van der Waals surface area contributed by atoms with Gasteiger partial charge >= 0.3 is 6.36 Å². The number of rotatable bonds is 3. The van der Waals surface area contributed by atoms with Crippen molar-refractivity contribution >= 4 is 0 Å². The van der Waals surface area contributed by atoms with Crippen LogP contribution in [0.15, 0.2) is 12.3 Å². The highest BCUT2D eigenvalue weighted by atomic mass is 19.4. The maximum Gasteiger partial charge on any atom is 0.573 e. The van der Waals surface area contributed by atoms with Crippen molar-refractivity contribution in [2.75, 3.05) is 7.11 Å². The van der Waals surface area contributed by atoms with E-state index in [1.807, 2.05) is 0 Å². The molecule has 1 rings (SSSR count). The van der Waals surface area contributed by atoms with Crippen LogP contribution < -0.4 is 15.2 Å². The third-order valence-electron chi connectivity index (χ3n) is 1.57. The molecule has 0 aliphatic heterocycles. The van der Waals surface area contributed by atoms with Gasteiger partial charge in [-0.15, -0.1) is 13.2 Å². The molecular weight excluding hydrogens is 213 g/mol. The molecule has 0 radical (unpaired) electrons. The lowest BCUT2D eigenvalue weighted by Gasteiger charge is -2.14.